The molecule has 0 saturated heterocycles. The average Bonchev–Trinajstić information content (AvgIpc) is 1.91. The van der Waals surface area contributed by atoms with Crippen molar-refractivity contribution in [3.63, 3.8) is 0 Å². The van der Waals surface area contributed by atoms with Crippen LogP contribution in [0.4, 0.5) is 0 Å². The van der Waals surface area contributed by atoms with Crippen LogP contribution in [0, 0.1) is 0 Å². The Morgan fingerprint density at radius 1 is 1.00 bits per heavy atom. The summed E-state index contributed by atoms with van der Waals surface area (Å²) in [6.07, 6.45) is 0. The van der Waals surface area contributed by atoms with E-state index in [9.17, 15) is 0 Å². The van der Waals surface area contributed by atoms with Gasteiger partial charge in [0.2, 0.25) is 0 Å². The van der Waals surface area contributed by atoms with E-state index in [1.165, 1.54) is 9.81 Å². The molecule has 0 radical (unpaired) electrons. The molecular weight excluding hydrogens is 144 g/mol. The van der Waals surface area contributed by atoms with Gasteiger partial charge in [0.1, 0.15) is 0 Å². The largest absolute Gasteiger partial charge is 0.0497 e. The fraction of sp³-hybridized carbons (Fsp3) is 0.500. The van der Waals surface area contributed by atoms with Gasteiger partial charge in [-0.2, -0.15) is 0 Å². The fourth-order valence-corrected chi connectivity index (χ4v) is 4.88. The van der Waals surface area contributed by atoms with Crippen molar-refractivity contribution < 1.29 is 0 Å². The summed E-state index contributed by atoms with van der Waals surface area (Å²) in [7, 11) is 5.58. The lowest BCUT2D eigenvalue weighted by Crippen LogP contribution is -1.58. The molecule has 0 aromatic carbocycles. The van der Waals surface area contributed by atoms with Gasteiger partial charge in [0.25, 0.3) is 0 Å². The molecular formula is C4H6S3. The number of allylic oxidation sites excluding steroid dienone is 2. The number of hydrogen-bond acceptors (Lipinski definition) is 3. The van der Waals surface area contributed by atoms with E-state index in [4.69, 9.17) is 0 Å². The summed E-state index contributed by atoms with van der Waals surface area (Å²) < 4.78 is 0. The lowest BCUT2D eigenvalue weighted by Gasteiger charge is -1.82. The molecule has 7 heavy (non-hydrogen) atoms. The lowest BCUT2D eigenvalue weighted by molar-refractivity contribution is 1.57. The quantitative estimate of drug-likeness (QED) is 0.486. The van der Waals surface area contributed by atoms with Gasteiger partial charge in [0, 0.05) is 9.81 Å². The standard InChI is InChI=1S/C4H6S3/c1-3-4(2)6-7-5-3/h1-2H3. The topological polar surface area (TPSA) is 0 Å². The number of hydrogen-bond donors (Lipinski definition) is 0. The molecule has 3 heteroatoms. The van der Waals surface area contributed by atoms with Crippen molar-refractivity contribution in [2.24, 2.45) is 0 Å². The molecule has 0 aliphatic carbocycles. The third-order valence-corrected chi connectivity index (χ3v) is 5.32. The molecule has 0 atom stereocenters. The van der Waals surface area contributed by atoms with E-state index in [-0.39, 0.29) is 0 Å². The average molecular weight is 150 g/mol. The first-order chi connectivity index (χ1) is 3.30. The Hall–Kier alpha value is 0.790. The summed E-state index contributed by atoms with van der Waals surface area (Å²) >= 11 is 0. The van der Waals surface area contributed by atoms with Crippen molar-refractivity contribution in [1.29, 1.82) is 0 Å². The first kappa shape index (κ1) is 5.92. The highest BCUT2D eigenvalue weighted by atomic mass is 33.5. The Balaban J connectivity index is 2.64. The second-order valence-electron chi connectivity index (χ2n) is 1.35. The van der Waals surface area contributed by atoms with Gasteiger partial charge in [-0.1, -0.05) is 0 Å². The minimum absolute atomic E-state index is 1.47. The Labute approximate surface area is 55.3 Å². The van der Waals surface area contributed by atoms with Crippen molar-refractivity contribution in [3.8, 4) is 0 Å². The van der Waals surface area contributed by atoms with Gasteiger partial charge in [0.05, 0.1) is 0 Å². The van der Waals surface area contributed by atoms with Crippen LogP contribution < -0.4 is 0 Å². The van der Waals surface area contributed by atoms with Crippen LogP contribution in [0.25, 0.3) is 0 Å². The SMILES string of the molecule is CC1=C(C)SSS1. The molecule has 0 fully saturated rings. The van der Waals surface area contributed by atoms with Gasteiger partial charge in [-0.05, 0) is 45.3 Å². The van der Waals surface area contributed by atoms with Crippen molar-refractivity contribution >= 4 is 31.4 Å². The molecule has 1 heterocycles. The van der Waals surface area contributed by atoms with E-state index in [0.717, 1.165) is 0 Å². The molecule has 1 aliphatic rings. The Morgan fingerprint density at radius 3 is 1.57 bits per heavy atom. The summed E-state index contributed by atoms with van der Waals surface area (Å²) in [5, 5.41) is 0. The van der Waals surface area contributed by atoms with Gasteiger partial charge in [0.15, 0.2) is 0 Å². The van der Waals surface area contributed by atoms with Crippen molar-refractivity contribution in [1.82, 2.24) is 0 Å². The van der Waals surface area contributed by atoms with Crippen LogP contribution in [0.3, 0.4) is 0 Å². The maximum Gasteiger partial charge on any atom is 0.00364 e. The third-order valence-electron chi connectivity index (χ3n) is 0.814. The molecule has 0 N–H and O–H groups in total. The van der Waals surface area contributed by atoms with E-state index in [1.807, 2.05) is 31.4 Å². The second-order valence-corrected chi connectivity index (χ2v) is 5.67. The van der Waals surface area contributed by atoms with Crippen LogP contribution in [0.2, 0.25) is 0 Å². The summed E-state index contributed by atoms with van der Waals surface area (Å²) in [6.45, 7) is 4.32. The maximum absolute atomic E-state index is 2.16. The summed E-state index contributed by atoms with van der Waals surface area (Å²) in [5.41, 5.74) is 0. The van der Waals surface area contributed by atoms with Crippen LogP contribution in [0.5, 0.6) is 0 Å². The molecule has 0 aromatic heterocycles. The molecule has 0 nitrogen and oxygen atoms in total. The summed E-state index contributed by atoms with van der Waals surface area (Å²) in [6, 6.07) is 0. The van der Waals surface area contributed by atoms with Crippen molar-refractivity contribution in [2.75, 3.05) is 0 Å². The molecule has 0 spiro atoms. The molecule has 1 aliphatic heterocycles. The van der Waals surface area contributed by atoms with Crippen LogP contribution in [0.1, 0.15) is 13.8 Å². The first-order valence-corrected chi connectivity index (χ1v) is 5.47. The van der Waals surface area contributed by atoms with E-state index in [2.05, 4.69) is 13.8 Å². The highest BCUT2D eigenvalue weighted by molar-refractivity contribution is 9.12. The zero-order valence-corrected chi connectivity index (χ0v) is 6.67. The van der Waals surface area contributed by atoms with Crippen molar-refractivity contribution in [2.45, 2.75) is 13.8 Å². The zero-order chi connectivity index (χ0) is 5.28. The molecule has 0 aromatic rings. The second kappa shape index (κ2) is 2.37. The minimum Gasteiger partial charge on any atom is -0.0497 e. The molecule has 40 valence electrons. The van der Waals surface area contributed by atoms with Gasteiger partial charge >= 0.3 is 0 Å². The van der Waals surface area contributed by atoms with E-state index in [0.29, 0.717) is 0 Å². The van der Waals surface area contributed by atoms with E-state index in [1.54, 1.807) is 0 Å². The Morgan fingerprint density at radius 2 is 1.43 bits per heavy atom. The normalized spacial score (nSPS) is 21.4. The Kier molecular flexibility index (Phi) is 2.01. The van der Waals surface area contributed by atoms with E-state index < -0.39 is 0 Å². The maximum atomic E-state index is 2.16. The summed E-state index contributed by atoms with van der Waals surface area (Å²) in [5.74, 6) is 0. The van der Waals surface area contributed by atoms with E-state index >= 15 is 0 Å². The molecule has 0 unspecified atom stereocenters. The molecule has 0 saturated carbocycles. The van der Waals surface area contributed by atoms with Gasteiger partial charge in [-0.3, -0.25) is 0 Å². The van der Waals surface area contributed by atoms with Crippen LogP contribution >= 0.6 is 31.4 Å². The zero-order valence-electron chi connectivity index (χ0n) is 4.22. The van der Waals surface area contributed by atoms with Crippen LogP contribution in [-0.2, 0) is 0 Å². The number of rotatable bonds is 0. The van der Waals surface area contributed by atoms with Crippen LogP contribution in [0.15, 0.2) is 9.81 Å². The third kappa shape index (κ3) is 1.34. The highest BCUT2D eigenvalue weighted by Gasteiger charge is 2.06. The predicted molar refractivity (Wildman–Crippen MR) is 41.1 cm³/mol. The van der Waals surface area contributed by atoms with Gasteiger partial charge in [-0.25, -0.2) is 0 Å². The minimum atomic E-state index is 1.47. The monoisotopic (exact) mass is 150 g/mol. The first-order valence-electron chi connectivity index (χ1n) is 1.99. The van der Waals surface area contributed by atoms with Crippen LogP contribution in [-0.4, -0.2) is 0 Å². The highest BCUT2D eigenvalue weighted by Crippen LogP contribution is 2.53. The Bertz CT molecular complexity index is 93.5. The van der Waals surface area contributed by atoms with Gasteiger partial charge in [-0.15, -0.1) is 0 Å². The molecule has 0 bridgehead atoms. The van der Waals surface area contributed by atoms with Crippen molar-refractivity contribution in [3.05, 3.63) is 9.81 Å². The smallest absolute Gasteiger partial charge is 0.00364 e. The van der Waals surface area contributed by atoms with Gasteiger partial charge < -0.3 is 0 Å². The molecule has 0 amide bonds. The summed E-state index contributed by atoms with van der Waals surface area (Å²) in [4.78, 5) is 2.94. The fourth-order valence-electron chi connectivity index (χ4n) is 0.236. The molecule has 1 rings (SSSR count). The lowest BCUT2D eigenvalue weighted by atomic mass is 10.6. The predicted octanol–water partition coefficient (Wildman–Crippen LogP) is 3.28.